The van der Waals surface area contributed by atoms with Crippen LogP contribution < -0.4 is 5.73 Å². The van der Waals surface area contributed by atoms with Gasteiger partial charge in [-0.25, -0.2) is 0 Å². The highest BCUT2D eigenvalue weighted by atomic mass is 32.1. The molecule has 0 radical (unpaired) electrons. The van der Waals surface area contributed by atoms with E-state index in [1.54, 1.807) is 10.4 Å². The number of hydrogen-bond donors (Lipinski definition) is 1. The smallest absolute Gasteiger partial charge is 0.0430 e. The first kappa shape index (κ1) is 12.9. The zero-order chi connectivity index (χ0) is 13.4. The molecule has 1 aliphatic rings. The van der Waals surface area contributed by atoms with Crippen LogP contribution in [0, 0.1) is 13.8 Å². The van der Waals surface area contributed by atoms with Gasteiger partial charge in [0, 0.05) is 15.8 Å². The molecule has 1 atom stereocenters. The topological polar surface area (TPSA) is 26.0 Å². The van der Waals surface area contributed by atoms with Crippen molar-refractivity contribution in [2.45, 2.75) is 45.6 Å². The van der Waals surface area contributed by atoms with Crippen molar-refractivity contribution in [1.82, 2.24) is 0 Å². The Morgan fingerprint density at radius 3 is 2.84 bits per heavy atom. The van der Waals surface area contributed by atoms with E-state index in [0.29, 0.717) is 0 Å². The van der Waals surface area contributed by atoms with E-state index >= 15 is 0 Å². The Morgan fingerprint density at radius 2 is 2.05 bits per heavy atom. The van der Waals surface area contributed by atoms with Gasteiger partial charge >= 0.3 is 0 Å². The second-order valence-corrected chi connectivity index (χ2v) is 6.86. The van der Waals surface area contributed by atoms with Crippen LogP contribution in [0.3, 0.4) is 0 Å². The lowest BCUT2D eigenvalue weighted by Gasteiger charge is -2.13. The maximum absolute atomic E-state index is 6.42. The van der Waals surface area contributed by atoms with Gasteiger partial charge in [0.2, 0.25) is 0 Å². The summed E-state index contributed by atoms with van der Waals surface area (Å²) in [6, 6.07) is 9.14. The monoisotopic (exact) mass is 271 g/mol. The van der Waals surface area contributed by atoms with Gasteiger partial charge < -0.3 is 5.73 Å². The van der Waals surface area contributed by atoms with Crippen LogP contribution in [0.5, 0.6) is 0 Å². The van der Waals surface area contributed by atoms with Crippen molar-refractivity contribution in [3.8, 4) is 0 Å². The van der Waals surface area contributed by atoms with E-state index in [-0.39, 0.29) is 6.04 Å². The van der Waals surface area contributed by atoms with E-state index in [0.717, 1.165) is 6.42 Å². The number of nitrogens with two attached hydrogens (primary N) is 1. The molecule has 0 fully saturated rings. The summed E-state index contributed by atoms with van der Waals surface area (Å²) in [7, 11) is 0. The molecule has 0 spiro atoms. The van der Waals surface area contributed by atoms with Gasteiger partial charge in [0.25, 0.3) is 0 Å². The number of aryl methyl sites for hydroxylation is 4. The molecule has 2 heteroatoms. The molecule has 1 unspecified atom stereocenters. The molecule has 1 heterocycles. The third-order valence-corrected chi connectivity index (χ3v) is 5.44. The highest BCUT2D eigenvalue weighted by Gasteiger charge is 2.18. The highest BCUT2D eigenvalue weighted by Crippen LogP contribution is 2.34. The molecular weight excluding hydrogens is 250 g/mol. The maximum Gasteiger partial charge on any atom is 0.0430 e. The molecule has 0 saturated heterocycles. The third-order valence-electron chi connectivity index (χ3n) is 4.08. The molecule has 0 amide bonds. The SMILES string of the molecule is Cc1ccc(C)c(CC(N)c2cc3c(s2)CCC3)c1. The van der Waals surface area contributed by atoms with Crippen LogP contribution in [-0.4, -0.2) is 0 Å². The maximum atomic E-state index is 6.42. The predicted molar refractivity (Wildman–Crippen MR) is 82.9 cm³/mol. The standard InChI is InChI=1S/C17H21NS/c1-11-6-7-12(2)14(8-11)9-15(18)17-10-13-4-3-5-16(13)19-17/h6-8,10,15H,3-5,9,18H2,1-2H3. The van der Waals surface area contributed by atoms with E-state index < -0.39 is 0 Å². The Bertz CT molecular complexity index is 576. The average Bonchev–Trinajstić information content (AvgIpc) is 2.94. The van der Waals surface area contributed by atoms with E-state index in [2.05, 4.69) is 38.1 Å². The van der Waals surface area contributed by atoms with Crippen molar-refractivity contribution >= 4 is 11.3 Å². The molecule has 2 N–H and O–H groups in total. The fourth-order valence-corrected chi connectivity index (χ4v) is 4.15. The van der Waals surface area contributed by atoms with Crippen molar-refractivity contribution < 1.29 is 0 Å². The van der Waals surface area contributed by atoms with E-state index in [9.17, 15) is 0 Å². The van der Waals surface area contributed by atoms with E-state index in [4.69, 9.17) is 5.73 Å². The fourth-order valence-electron chi connectivity index (χ4n) is 2.89. The average molecular weight is 271 g/mol. The van der Waals surface area contributed by atoms with Crippen LogP contribution in [-0.2, 0) is 19.3 Å². The van der Waals surface area contributed by atoms with Gasteiger partial charge in [0.1, 0.15) is 0 Å². The summed E-state index contributed by atoms with van der Waals surface area (Å²) in [6.07, 6.45) is 4.79. The van der Waals surface area contributed by atoms with Gasteiger partial charge in [-0.05, 0) is 62.3 Å². The minimum Gasteiger partial charge on any atom is -0.323 e. The van der Waals surface area contributed by atoms with Crippen molar-refractivity contribution in [3.63, 3.8) is 0 Å². The molecule has 1 aromatic heterocycles. The Labute approximate surface area is 119 Å². The first-order valence-electron chi connectivity index (χ1n) is 7.06. The lowest BCUT2D eigenvalue weighted by Crippen LogP contribution is -2.12. The summed E-state index contributed by atoms with van der Waals surface area (Å²) in [5.41, 5.74) is 12.0. The number of fused-ring (bicyclic) bond motifs is 1. The lowest BCUT2D eigenvalue weighted by molar-refractivity contribution is 0.731. The van der Waals surface area contributed by atoms with E-state index in [1.165, 1.54) is 40.8 Å². The number of hydrogen-bond acceptors (Lipinski definition) is 2. The summed E-state index contributed by atoms with van der Waals surface area (Å²) in [5, 5.41) is 0. The summed E-state index contributed by atoms with van der Waals surface area (Å²) in [4.78, 5) is 2.94. The lowest BCUT2D eigenvalue weighted by atomic mass is 9.98. The largest absolute Gasteiger partial charge is 0.323 e. The third kappa shape index (κ3) is 2.60. The van der Waals surface area contributed by atoms with Gasteiger partial charge in [-0.2, -0.15) is 0 Å². The molecule has 3 rings (SSSR count). The van der Waals surface area contributed by atoms with Gasteiger partial charge in [-0.3, -0.25) is 0 Å². The van der Waals surface area contributed by atoms with Gasteiger partial charge in [-0.1, -0.05) is 23.8 Å². The zero-order valence-corrected chi connectivity index (χ0v) is 12.5. The Hall–Kier alpha value is -1.12. The van der Waals surface area contributed by atoms with Crippen LogP contribution in [0.4, 0.5) is 0 Å². The molecule has 0 aliphatic heterocycles. The van der Waals surface area contributed by atoms with Crippen LogP contribution in [0.2, 0.25) is 0 Å². The number of thiophene rings is 1. The number of benzene rings is 1. The van der Waals surface area contributed by atoms with Crippen molar-refractivity contribution in [1.29, 1.82) is 0 Å². The Balaban J connectivity index is 1.80. The van der Waals surface area contributed by atoms with Crippen molar-refractivity contribution in [2.75, 3.05) is 0 Å². The normalized spacial score (nSPS) is 15.5. The molecule has 2 aromatic rings. The summed E-state index contributed by atoms with van der Waals surface area (Å²) in [6.45, 7) is 4.32. The van der Waals surface area contributed by atoms with Crippen molar-refractivity contribution in [2.24, 2.45) is 5.73 Å². The number of rotatable bonds is 3. The van der Waals surface area contributed by atoms with Crippen LogP contribution in [0.15, 0.2) is 24.3 Å². The summed E-state index contributed by atoms with van der Waals surface area (Å²) < 4.78 is 0. The summed E-state index contributed by atoms with van der Waals surface area (Å²) >= 11 is 1.93. The quantitative estimate of drug-likeness (QED) is 0.893. The minimum absolute atomic E-state index is 0.149. The highest BCUT2D eigenvalue weighted by molar-refractivity contribution is 7.12. The first-order valence-corrected chi connectivity index (χ1v) is 7.88. The Kier molecular flexibility index (Phi) is 3.46. The van der Waals surface area contributed by atoms with Crippen LogP contribution in [0.1, 0.15) is 44.5 Å². The predicted octanol–water partition coefficient (Wildman–Crippen LogP) is 4.10. The van der Waals surface area contributed by atoms with E-state index in [1.807, 2.05) is 11.3 Å². The summed E-state index contributed by atoms with van der Waals surface area (Å²) in [5.74, 6) is 0. The minimum atomic E-state index is 0.149. The molecule has 19 heavy (non-hydrogen) atoms. The van der Waals surface area contributed by atoms with Crippen LogP contribution in [0.25, 0.3) is 0 Å². The van der Waals surface area contributed by atoms with Crippen molar-refractivity contribution in [3.05, 3.63) is 56.3 Å². The second-order valence-electron chi connectivity index (χ2n) is 5.69. The molecule has 0 saturated carbocycles. The molecule has 1 aliphatic carbocycles. The van der Waals surface area contributed by atoms with Gasteiger partial charge in [-0.15, -0.1) is 11.3 Å². The molecule has 100 valence electrons. The van der Waals surface area contributed by atoms with Crippen LogP contribution >= 0.6 is 11.3 Å². The molecule has 1 aromatic carbocycles. The first-order chi connectivity index (χ1) is 9.13. The molecule has 0 bridgehead atoms. The van der Waals surface area contributed by atoms with Gasteiger partial charge in [0.15, 0.2) is 0 Å². The molecule has 1 nitrogen and oxygen atoms in total. The Morgan fingerprint density at radius 1 is 1.21 bits per heavy atom. The fraction of sp³-hybridized carbons (Fsp3) is 0.412. The zero-order valence-electron chi connectivity index (χ0n) is 11.7. The molecular formula is C17H21NS. The second kappa shape index (κ2) is 5.10. The van der Waals surface area contributed by atoms with Gasteiger partial charge in [0.05, 0.1) is 0 Å².